The molecule has 0 aliphatic heterocycles. The summed E-state index contributed by atoms with van der Waals surface area (Å²) in [7, 11) is -3.88. The van der Waals surface area contributed by atoms with Gasteiger partial charge in [0.05, 0.1) is 4.90 Å². The van der Waals surface area contributed by atoms with Crippen molar-refractivity contribution in [3.05, 3.63) is 52.8 Å². The van der Waals surface area contributed by atoms with Crippen LogP contribution in [0.25, 0.3) is 11.1 Å². The van der Waals surface area contributed by atoms with Gasteiger partial charge in [-0.1, -0.05) is 15.9 Å². The van der Waals surface area contributed by atoms with Crippen LogP contribution in [0.5, 0.6) is 0 Å². The van der Waals surface area contributed by atoms with Crippen LogP contribution in [-0.4, -0.2) is 24.1 Å². The highest BCUT2D eigenvalue weighted by Crippen LogP contribution is 2.28. The summed E-state index contributed by atoms with van der Waals surface area (Å²) in [4.78, 5) is 17.0. The third-order valence-electron chi connectivity index (χ3n) is 4.10. The lowest BCUT2D eigenvalue weighted by Crippen LogP contribution is -2.44. The van der Waals surface area contributed by atoms with Crippen molar-refractivity contribution < 1.29 is 17.6 Å². The number of aromatic nitrogens is 1. The average molecular weight is 437 g/mol. The average Bonchev–Trinajstić information content (AvgIpc) is 2.94. The maximum atomic E-state index is 12.9. The fourth-order valence-electron chi connectivity index (χ4n) is 2.43. The van der Waals surface area contributed by atoms with E-state index < -0.39 is 20.5 Å². The highest BCUT2D eigenvalue weighted by atomic mass is 79.9. The Hall–Kier alpha value is -2.19. The number of nitrogens with one attached hydrogen (secondary N) is 1. The number of aryl methyl sites for hydroxylation is 1. The van der Waals surface area contributed by atoms with Crippen molar-refractivity contribution in [2.45, 2.75) is 30.4 Å². The molecular weight excluding hydrogens is 420 g/mol. The highest BCUT2D eigenvalue weighted by Gasteiger charge is 2.42. The molecule has 2 aromatic carbocycles. The molecule has 0 spiro atoms. The molecule has 1 aromatic heterocycles. The van der Waals surface area contributed by atoms with Gasteiger partial charge < -0.3 is 9.73 Å². The van der Waals surface area contributed by atoms with Crippen LogP contribution in [0.15, 0.2) is 56.2 Å². The van der Waals surface area contributed by atoms with E-state index in [9.17, 15) is 13.2 Å². The minimum absolute atomic E-state index is 0.0853. The Morgan fingerprint density at radius 3 is 2.46 bits per heavy atom. The summed E-state index contributed by atoms with van der Waals surface area (Å²) in [6.45, 7) is 4.50. The molecule has 0 aliphatic carbocycles. The van der Waals surface area contributed by atoms with E-state index in [1.165, 1.54) is 26.0 Å². The molecule has 136 valence electrons. The number of fused-ring (bicyclic) bond motifs is 1. The molecule has 0 bridgehead atoms. The van der Waals surface area contributed by atoms with Crippen molar-refractivity contribution in [2.24, 2.45) is 0 Å². The Kier molecular flexibility index (Phi) is 4.66. The number of amides is 1. The number of rotatable bonds is 4. The van der Waals surface area contributed by atoms with Gasteiger partial charge in [0.25, 0.3) is 0 Å². The lowest BCUT2D eigenvalue weighted by Gasteiger charge is -2.24. The SMILES string of the molecule is Cc1nc2ccc(NC(=O)C(C)(C)S(=O)(=O)c3ccc(Br)cc3)cc2o1. The molecule has 0 radical (unpaired) electrons. The zero-order chi connectivity index (χ0) is 19.1. The molecule has 1 heterocycles. The first-order chi connectivity index (χ1) is 12.1. The van der Waals surface area contributed by atoms with Crippen molar-refractivity contribution in [3.63, 3.8) is 0 Å². The second-order valence-electron chi connectivity index (χ2n) is 6.34. The van der Waals surface area contributed by atoms with E-state index in [4.69, 9.17) is 4.42 Å². The molecule has 3 rings (SSSR count). The van der Waals surface area contributed by atoms with Crippen LogP contribution >= 0.6 is 15.9 Å². The van der Waals surface area contributed by atoms with E-state index in [1.807, 2.05) is 0 Å². The number of carbonyl (C=O) groups excluding carboxylic acids is 1. The number of benzene rings is 2. The number of sulfone groups is 1. The van der Waals surface area contributed by atoms with Crippen molar-refractivity contribution in [3.8, 4) is 0 Å². The van der Waals surface area contributed by atoms with Crippen LogP contribution in [0.3, 0.4) is 0 Å². The predicted octanol–water partition coefficient (Wildman–Crippen LogP) is 4.09. The molecule has 1 amide bonds. The standard InChI is InChI=1S/C18H17BrN2O4S/c1-11-20-15-9-6-13(10-16(15)25-11)21-17(22)18(2,3)26(23,24)14-7-4-12(19)5-8-14/h4-10H,1-3H3,(H,21,22). The molecule has 0 aliphatic rings. The van der Waals surface area contributed by atoms with Gasteiger partial charge in [0.15, 0.2) is 21.3 Å². The second-order valence-corrected chi connectivity index (χ2v) is 9.75. The summed E-state index contributed by atoms with van der Waals surface area (Å²) in [5.74, 6) is -0.113. The normalized spacial score (nSPS) is 12.3. The largest absolute Gasteiger partial charge is 0.441 e. The highest BCUT2D eigenvalue weighted by molar-refractivity contribution is 9.10. The fraction of sp³-hybridized carbons (Fsp3) is 0.222. The fourth-order valence-corrected chi connectivity index (χ4v) is 4.07. The predicted molar refractivity (Wildman–Crippen MR) is 103 cm³/mol. The number of halogens is 1. The molecule has 26 heavy (non-hydrogen) atoms. The zero-order valence-corrected chi connectivity index (χ0v) is 16.8. The number of nitrogens with zero attached hydrogens (tertiary/aromatic N) is 1. The van der Waals surface area contributed by atoms with Crippen LogP contribution in [0.4, 0.5) is 5.69 Å². The number of oxazole rings is 1. The molecule has 3 aromatic rings. The molecule has 8 heteroatoms. The minimum atomic E-state index is -3.88. The molecule has 6 nitrogen and oxygen atoms in total. The second kappa shape index (κ2) is 6.51. The maximum Gasteiger partial charge on any atom is 0.245 e. The van der Waals surface area contributed by atoms with Crippen LogP contribution in [0.2, 0.25) is 0 Å². The smallest absolute Gasteiger partial charge is 0.245 e. The van der Waals surface area contributed by atoms with E-state index in [0.717, 1.165) is 4.47 Å². The van der Waals surface area contributed by atoms with Crippen LogP contribution in [0, 0.1) is 6.92 Å². The summed E-state index contributed by atoms with van der Waals surface area (Å²) >= 11 is 3.27. The van der Waals surface area contributed by atoms with Gasteiger partial charge in [-0.3, -0.25) is 4.79 Å². The lowest BCUT2D eigenvalue weighted by atomic mass is 10.2. The van der Waals surface area contributed by atoms with E-state index in [1.54, 1.807) is 37.3 Å². The van der Waals surface area contributed by atoms with Gasteiger partial charge in [-0.25, -0.2) is 13.4 Å². The van der Waals surface area contributed by atoms with Gasteiger partial charge in [0.2, 0.25) is 5.91 Å². The molecule has 0 saturated heterocycles. The number of anilines is 1. The van der Waals surface area contributed by atoms with Crippen molar-refractivity contribution >= 4 is 48.5 Å². The Morgan fingerprint density at radius 1 is 1.15 bits per heavy atom. The summed E-state index contributed by atoms with van der Waals surface area (Å²) in [5, 5.41) is 2.66. The zero-order valence-electron chi connectivity index (χ0n) is 14.4. The summed E-state index contributed by atoms with van der Waals surface area (Å²) < 4.78 is 30.4. The summed E-state index contributed by atoms with van der Waals surface area (Å²) in [6, 6.07) is 11.2. The maximum absolute atomic E-state index is 12.9. The van der Waals surface area contributed by atoms with E-state index in [0.29, 0.717) is 22.7 Å². The third-order valence-corrected chi connectivity index (χ3v) is 7.05. The van der Waals surface area contributed by atoms with Gasteiger partial charge in [0, 0.05) is 23.2 Å². The van der Waals surface area contributed by atoms with Gasteiger partial charge in [-0.05, 0) is 50.2 Å². The summed E-state index contributed by atoms with van der Waals surface area (Å²) in [6.07, 6.45) is 0. The molecule has 0 unspecified atom stereocenters. The van der Waals surface area contributed by atoms with Crippen LogP contribution < -0.4 is 5.32 Å². The molecular formula is C18H17BrN2O4S. The Morgan fingerprint density at radius 2 is 1.81 bits per heavy atom. The monoisotopic (exact) mass is 436 g/mol. The molecule has 0 fully saturated rings. The Labute approximate surface area is 159 Å². The number of carbonyl (C=O) groups is 1. The van der Waals surface area contributed by atoms with E-state index >= 15 is 0 Å². The van der Waals surface area contributed by atoms with Crippen molar-refractivity contribution in [1.82, 2.24) is 4.98 Å². The first-order valence-electron chi connectivity index (χ1n) is 7.80. The minimum Gasteiger partial charge on any atom is -0.441 e. The summed E-state index contributed by atoms with van der Waals surface area (Å²) in [5.41, 5.74) is 1.63. The third kappa shape index (κ3) is 3.26. The Bertz CT molecular complexity index is 1090. The molecule has 1 N–H and O–H groups in total. The van der Waals surface area contributed by atoms with Gasteiger partial charge in [-0.15, -0.1) is 0 Å². The quantitative estimate of drug-likeness (QED) is 0.664. The first-order valence-corrected chi connectivity index (χ1v) is 10.1. The van der Waals surface area contributed by atoms with Gasteiger partial charge in [0.1, 0.15) is 10.3 Å². The topological polar surface area (TPSA) is 89.3 Å². The van der Waals surface area contributed by atoms with E-state index in [2.05, 4.69) is 26.2 Å². The lowest BCUT2D eigenvalue weighted by molar-refractivity contribution is -0.117. The number of hydrogen-bond donors (Lipinski definition) is 1. The first kappa shape index (κ1) is 18.6. The van der Waals surface area contributed by atoms with Crippen molar-refractivity contribution in [2.75, 3.05) is 5.32 Å². The van der Waals surface area contributed by atoms with Gasteiger partial charge >= 0.3 is 0 Å². The number of hydrogen-bond acceptors (Lipinski definition) is 5. The molecule has 0 atom stereocenters. The van der Waals surface area contributed by atoms with Crippen LogP contribution in [0.1, 0.15) is 19.7 Å². The van der Waals surface area contributed by atoms with Gasteiger partial charge in [-0.2, -0.15) is 0 Å². The van der Waals surface area contributed by atoms with Crippen LogP contribution in [-0.2, 0) is 14.6 Å². The molecule has 0 saturated carbocycles. The Balaban J connectivity index is 1.89. The van der Waals surface area contributed by atoms with E-state index in [-0.39, 0.29) is 4.90 Å². The van der Waals surface area contributed by atoms with Crippen molar-refractivity contribution in [1.29, 1.82) is 0 Å².